The van der Waals surface area contributed by atoms with Crippen LogP contribution in [0.3, 0.4) is 0 Å². The Morgan fingerprint density at radius 1 is 1.12 bits per heavy atom. The molecule has 0 bridgehead atoms. The SMILES string of the molecule is CC(C)C/C(=N\OCCOc1cccc(CC(=O)[O-])c1)c1ccc(-n2cccn2)cc1.[Na+]. The summed E-state index contributed by atoms with van der Waals surface area (Å²) in [6.07, 6.45) is 4.29. The van der Waals surface area contributed by atoms with E-state index in [9.17, 15) is 9.90 Å². The number of hydrogen-bond donors (Lipinski definition) is 0. The van der Waals surface area contributed by atoms with Gasteiger partial charge in [0.1, 0.15) is 12.4 Å². The number of oxime groups is 1. The Morgan fingerprint density at radius 3 is 2.56 bits per heavy atom. The Bertz CT molecular complexity index is 1000. The van der Waals surface area contributed by atoms with Crippen molar-refractivity contribution in [2.75, 3.05) is 13.2 Å². The molecule has 162 valence electrons. The Hall–Kier alpha value is -2.61. The van der Waals surface area contributed by atoms with E-state index in [-0.39, 0.29) is 42.6 Å². The topological polar surface area (TPSA) is 88.8 Å². The second-order valence-corrected chi connectivity index (χ2v) is 7.51. The fraction of sp³-hybridized carbons (Fsp3) is 0.292. The maximum atomic E-state index is 10.7. The normalized spacial score (nSPS) is 11.2. The minimum Gasteiger partial charge on any atom is -0.550 e. The molecule has 0 unspecified atom stereocenters. The van der Waals surface area contributed by atoms with Crippen LogP contribution in [0.15, 0.2) is 72.1 Å². The van der Waals surface area contributed by atoms with Crippen LogP contribution in [0.4, 0.5) is 0 Å². The molecule has 0 atom stereocenters. The summed E-state index contributed by atoms with van der Waals surface area (Å²) in [6.45, 7) is 4.84. The van der Waals surface area contributed by atoms with E-state index in [0.29, 0.717) is 23.8 Å². The van der Waals surface area contributed by atoms with Crippen molar-refractivity contribution in [3.8, 4) is 11.4 Å². The first-order valence-electron chi connectivity index (χ1n) is 10.2. The summed E-state index contributed by atoms with van der Waals surface area (Å²) in [5.74, 6) is -0.107. The molecule has 0 aliphatic heterocycles. The molecule has 2 aromatic carbocycles. The van der Waals surface area contributed by atoms with Gasteiger partial charge in [-0.05, 0) is 53.8 Å². The van der Waals surface area contributed by atoms with E-state index in [1.54, 1.807) is 35.1 Å². The van der Waals surface area contributed by atoms with Crippen molar-refractivity contribution in [3.05, 3.63) is 78.1 Å². The predicted octanol–water partition coefficient (Wildman–Crippen LogP) is 0.0145. The molecule has 3 aromatic rings. The number of ether oxygens (including phenoxy) is 1. The third-order valence-electron chi connectivity index (χ3n) is 4.44. The van der Waals surface area contributed by atoms with Gasteiger partial charge < -0.3 is 19.5 Å². The number of aliphatic carboxylic acids is 1. The van der Waals surface area contributed by atoms with Crippen LogP contribution in [0.2, 0.25) is 0 Å². The molecule has 0 saturated heterocycles. The molecule has 3 rings (SSSR count). The standard InChI is InChI=1S/C24H27N3O4.Na/c1-18(2)15-23(20-7-9-21(10-8-20)27-12-4-11-25-27)26-31-14-13-30-22-6-3-5-19(16-22)17-24(28)29;/h3-12,16,18H,13-15,17H2,1-2H3,(H,28,29);/q;+1/p-1/b26-23+;. The fourth-order valence-electron chi connectivity index (χ4n) is 3.05. The van der Waals surface area contributed by atoms with E-state index in [1.807, 2.05) is 36.5 Å². The van der Waals surface area contributed by atoms with Crippen LogP contribution in [0.1, 0.15) is 31.4 Å². The molecule has 7 nitrogen and oxygen atoms in total. The minimum atomic E-state index is -1.12. The molecule has 0 spiro atoms. The molecule has 0 fully saturated rings. The Balaban J connectivity index is 0.00000363. The Morgan fingerprint density at radius 2 is 1.91 bits per heavy atom. The number of aromatic nitrogens is 2. The van der Waals surface area contributed by atoms with E-state index in [1.165, 1.54) is 0 Å². The molecule has 0 N–H and O–H groups in total. The smallest absolute Gasteiger partial charge is 0.550 e. The van der Waals surface area contributed by atoms with E-state index in [4.69, 9.17) is 9.57 Å². The molecule has 32 heavy (non-hydrogen) atoms. The van der Waals surface area contributed by atoms with E-state index in [2.05, 4.69) is 24.1 Å². The fourth-order valence-corrected chi connectivity index (χ4v) is 3.05. The Kier molecular flexibility index (Phi) is 10.5. The number of hydrogen-bond acceptors (Lipinski definition) is 6. The van der Waals surface area contributed by atoms with Crippen molar-refractivity contribution in [3.63, 3.8) is 0 Å². The van der Waals surface area contributed by atoms with Crippen LogP contribution in [0.25, 0.3) is 5.69 Å². The van der Waals surface area contributed by atoms with Crippen LogP contribution >= 0.6 is 0 Å². The third-order valence-corrected chi connectivity index (χ3v) is 4.44. The molecule has 0 aliphatic rings. The minimum absolute atomic E-state index is 0. The zero-order chi connectivity index (χ0) is 22.1. The maximum Gasteiger partial charge on any atom is 1.00 e. The van der Waals surface area contributed by atoms with Gasteiger partial charge >= 0.3 is 29.6 Å². The summed E-state index contributed by atoms with van der Waals surface area (Å²) in [6, 6.07) is 16.8. The summed E-state index contributed by atoms with van der Waals surface area (Å²) in [4.78, 5) is 16.2. The van der Waals surface area contributed by atoms with Crippen molar-refractivity contribution in [2.24, 2.45) is 11.1 Å². The molecule has 0 aliphatic carbocycles. The summed E-state index contributed by atoms with van der Waals surface area (Å²) in [7, 11) is 0. The summed E-state index contributed by atoms with van der Waals surface area (Å²) < 4.78 is 7.44. The largest absolute Gasteiger partial charge is 1.00 e. The monoisotopic (exact) mass is 443 g/mol. The van der Waals surface area contributed by atoms with Gasteiger partial charge in [-0.25, -0.2) is 4.68 Å². The average molecular weight is 443 g/mol. The van der Waals surface area contributed by atoms with Crippen molar-refractivity contribution in [2.45, 2.75) is 26.7 Å². The van der Waals surface area contributed by atoms with Gasteiger partial charge in [0.05, 0.1) is 11.4 Å². The van der Waals surface area contributed by atoms with Crippen molar-refractivity contribution in [1.29, 1.82) is 0 Å². The number of nitrogens with zero attached hydrogens (tertiary/aromatic N) is 3. The summed E-state index contributed by atoms with van der Waals surface area (Å²) in [5, 5.41) is 19.3. The summed E-state index contributed by atoms with van der Waals surface area (Å²) >= 11 is 0. The molecule has 0 saturated carbocycles. The van der Waals surface area contributed by atoms with Gasteiger partial charge in [0.2, 0.25) is 0 Å². The first-order chi connectivity index (χ1) is 15.0. The molecule has 1 heterocycles. The van der Waals surface area contributed by atoms with Gasteiger partial charge in [-0.3, -0.25) is 0 Å². The van der Waals surface area contributed by atoms with Crippen molar-refractivity contribution in [1.82, 2.24) is 9.78 Å². The number of carbonyl (C=O) groups is 1. The van der Waals surface area contributed by atoms with Gasteiger partial charge in [-0.1, -0.05) is 43.3 Å². The molecular formula is C24H26N3NaO4. The molecule has 8 heteroatoms. The van der Waals surface area contributed by atoms with Crippen LogP contribution in [-0.2, 0) is 16.1 Å². The molecule has 1 aromatic heterocycles. The predicted molar refractivity (Wildman–Crippen MR) is 116 cm³/mol. The van der Waals surface area contributed by atoms with Crippen LogP contribution in [0, 0.1) is 5.92 Å². The number of benzene rings is 2. The van der Waals surface area contributed by atoms with Gasteiger partial charge in [-0.15, -0.1) is 0 Å². The van der Waals surface area contributed by atoms with E-state index in [0.717, 1.165) is 23.4 Å². The zero-order valence-electron chi connectivity index (χ0n) is 18.7. The van der Waals surface area contributed by atoms with Gasteiger partial charge in [0, 0.05) is 24.8 Å². The van der Waals surface area contributed by atoms with Gasteiger partial charge in [0.25, 0.3) is 0 Å². The second-order valence-electron chi connectivity index (χ2n) is 7.51. The maximum absolute atomic E-state index is 10.7. The van der Waals surface area contributed by atoms with Gasteiger partial charge in [-0.2, -0.15) is 5.10 Å². The first-order valence-corrected chi connectivity index (χ1v) is 10.2. The van der Waals surface area contributed by atoms with E-state index >= 15 is 0 Å². The Labute approximate surface area is 210 Å². The summed E-state index contributed by atoms with van der Waals surface area (Å²) in [5.41, 5.74) is 3.49. The number of carboxylic acid groups (broad SMARTS) is 1. The van der Waals surface area contributed by atoms with Crippen LogP contribution < -0.4 is 39.4 Å². The third kappa shape index (κ3) is 8.15. The molecule has 0 radical (unpaired) electrons. The van der Waals surface area contributed by atoms with E-state index < -0.39 is 5.97 Å². The van der Waals surface area contributed by atoms with Gasteiger partial charge in [0.15, 0.2) is 6.61 Å². The average Bonchev–Trinajstić information content (AvgIpc) is 3.27. The second kappa shape index (κ2) is 13.1. The zero-order valence-corrected chi connectivity index (χ0v) is 20.7. The number of carbonyl (C=O) groups excluding carboxylic acids is 1. The number of rotatable bonds is 11. The molecule has 0 amide bonds. The number of carboxylic acids is 1. The van der Waals surface area contributed by atoms with Crippen LogP contribution in [-0.4, -0.2) is 34.7 Å². The first kappa shape index (κ1) is 25.6. The van der Waals surface area contributed by atoms with Crippen molar-refractivity contribution < 1.29 is 49.0 Å². The quantitative estimate of drug-likeness (QED) is 0.180. The molecular weight excluding hydrogens is 417 g/mol. The van der Waals surface area contributed by atoms with Crippen LogP contribution in [0.5, 0.6) is 5.75 Å². The van der Waals surface area contributed by atoms with Crippen molar-refractivity contribution >= 4 is 11.7 Å².